The maximum atomic E-state index is 12.8. The zero-order chi connectivity index (χ0) is 19.8. The Morgan fingerprint density at radius 3 is 2.04 bits per heavy atom. The fourth-order valence-corrected chi connectivity index (χ4v) is 3.85. The predicted octanol–water partition coefficient (Wildman–Crippen LogP) is 6.59. The van der Waals surface area contributed by atoms with Crippen LogP contribution in [0.15, 0.2) is 65.1 Å². The molecule has 0 saturated heterocycles. The molecule has 1 aromatic heterocycles. The normalized spacial score (nSPS) is 11.0. The minimum atomic E-state index is -0.105. The summed E-state index contributed by atoms with van der Waals surface area (Å²) in [6, 6.07) is 19.5. The van der Waals surface area contributed by atoms with Gasteiger partial charge in [-0.1, -0.05) is 48.5 Å². The molecule has 3 nitrogen and oxygen atoms in total. The maximum Gasteiger partial charge on any atom is 0.255 e. The molecule has 0 aliphatic rings. The Balaban J connectivity index is 1.92. The third-order valence-corrected chi connectivity index (χ3v) is 5.45. The van der Waals surface area contributed by atoms with Gasteiger partial charge in [0.15, 0.2) is 0 Å². The average Bonchev–Trinajstić information content (AvgIpc) is 3.08. The second-order valence-electron chi connectivity index (χ2n) is 7.17. The average molecular weight is 369 g/mol. The number of anilines is 1. The number of carbonyl (C=O) groups excluding carboxylic acids is 1. The number of benzene rings is 3. The SMILES string of the molecule is Cc1oc2c(C)c(C)c(NC(=O)c3ccccc3)c(C)c2c1-c1ccccc1. The number of amides is 1. The van der Waals surface area contributed by atoms with Crippen molar-refractivity contribution < 1.29 is 9.21 Å². The highest BCUT2D eigenvalue weighted by Gasteiger charge is 2.22. The third kappa shape index (κ3) is 2.89. The monoisotopic (exact) mass is 369 g/mol. The maximum absolute atomic E-state index is 12.8. The first-order chi connectivity index (χ1) is 13.5. The number of carbonyl (C=O) groups is 1. The molecule has 28 heavy (non-hydrogen) atoms. The molecular weight excluding hydrogens is 346 g/mol. The molecule has 1 amide bonds. The standard InChI is InChI=1S/C25H23NO2/c1-15-16(2)24-21(22(18(4)28-24)19-11-7-5-8-12-19)17(3)23(15)26-25(27)20-13-9-6-10-14-20/h5-14H,1-4H3,(H,26,27). The molecule has 3 heteroatoms. The van der Waals surface area contributed by atoms with E-state index in [9.17, 15) is 4.79 Å². The number of furan rings is 1. The highest BCUT2D eigenvalue weighted by Crippen LogP contribution is 2.42. The van der Waals surface area contributed by atoms with Crippen molar-refractivity contribution in [3.63, 3.8) is 0 Å². The molecule has 0 fully saturated rings. The van der Waals surface area contributed by atoms with Crippen molar-refractivity contribution in [3.05, 3.63) is 88.7 Å². The van der Waals surface area contributed by atoms with Crippen LogP contribution in [0.2, 0.25) is 0 Å². The van der Waals surface area contributed by atoms with Gasteiger partial charge in [0.2, 0.25) is 0 Å². The quantitative estimate of drug-likeness (QED) is 0.443. The van der Waals surface area contributed by atoms with Crippen LogP contribution in [-0.4, -0.2) is 5.91 Å². The molecular formula is C25H23NO2. The first-order valence-electron chi connectivity index (χ1n) is 9.43. The van der Waals surface area contributed by atoms with E-state index in [1.165, 1.54) is 0 Å². The number of nitrogens with one attached hydrogen (secondary N) is 1. The minimum Gasteiger partial charge on any atom is -0.460 e. The first kappa shape index (κ1) is 18.1. The van der Waals surface area contributed by atoms with Crippen molar-refractivity contribution in [3.8, 4) is 11.1 Å². The summed E-state index contributed by atoms with van der Waals surface area (Å²) >= 11 is 0. The van der Waals surface area contributed by atoms with Crippen LogP contribution in [0, 0.1) is 27.7 Å². The first-order valence-corrected chi connectivity index (χ1v) is 9.43. The predicted molar refractivity (Wildman–Crippen MR) is 115 cm³/mol. The van der Waals surface area contributed by atoms with Crippen LogP contribution in [0.4, 0.5) is 5.69 Å². The van der Waals surface area contributed by atoms with Crippen molar-refractivity contribution in [2.45, 2.75) is 27.7 Å². The van der Waals surface area contributed by atoms with E-state index < -0.39 is 0 Å². The van der Waals surface area contributed by atoms with Crippen LogP contribution in [0.1, 0.15) is 32.8 Å². The molecule has 4 aromatic rings. The van der Waals surface area contributed by atoms with E-state index in [1.807, 2.05) is 69.3 Å². The van der Waals surface area contributed by atoms with Crippen molar-refractivity contribution in [1.82, 2.24) is 0 Å². The zero-order valence-corrected chi connectivity index (χ0v) is 16.6. The van der Waals surface area contributed by atoms with Crippen LogP contribution in [0.25, 0.3) is 22.1 Å². The molecule has 0 aliphatic heterocycles. The van der Waals surface area contributed by atoms with Crippen molar-refractivity contribution in [2.24, 2.45) is 0 Å². The fourth-order valence-electron chi connectivity index (χ4n) is 3.85. The summed E-state index contributed by atoms with van der Waals surface area (Å²) in [5.41, 5.74) is 7.71. The van der Waals surface area contributed by atoms with Gasteiger partial charge in [-0.3, -0.25) is 4.79 Å². The summed E-state index contributed by atoms with van der Waals surface area (Å²) in [5.74, 6) is 0.783. The van der Waals surface area contributed by atoms with E-state index in [4.69, 9.17) is 4.42 Å². The number of aryl methyl sites for hydroxylation is 3. The summed E-state index contributed by atoms with van der Waals surface area (Å²) in [7, 11) is 0. The second-order valence-corrected chi connectivity index (χ2v) is 7.17. The van der Waals surface area contributed by atoms with Gasteiger partial charge in [0, 0.05) is 22.2 Å². The molecule has 1 heterocycles. The Kier molecular flexibility index (Phi) is 4.52. The van der Waals surface area contributed by atoms with Gasteiger partial charge in [-0.05, 0) is 62.1 Å². The molecule has 0 atom stereocenters. The lowest BCUT2D eigenvalue weighted by molar-refractivity contribution is 0.102. The van der Waals surface area contributed by atoms with Crippen LogP contribution >= 0.6 is 0 Å². The van der Waals surface area contributed by atoms with E-state index in [1.54, 1.807) is 0 Å². The highest BCUT2D eigenvalue weighted by atomic mass is 16.3. The van der Waals surface area contributed by atoms with Gasteiger partial charge in [0.25, 0.3) is 5.91 Å². The Hall–Kier alpha value is -3.33. The van der Waals surface area contributed by atoms with E-state index in [0.29, 0.717) is 5.56 Å². The summed E-state index contributed by atoms with van der Waals surface area (Å²) in [4.78, 5) is 12.8. The molecule has 3 aromatic carbocycles. The van der Waals surface area contributed by atoms with Crippen LogP contribution in [-0.2, 0) is 0 Å². The van der Waals surface area contributed by atoms with Gasteiger partial charge in [-0.15, -0.1) is 0 Å². The summed E-state index contributed by atoms with van der Waals surface area (Å²) in [6.07, 6.45) is 0. The number of hydrogen-bond acceptors (Lipinski definition) is 2. The smallest absolute Gasteiger partial charge is 0.255 e. The lowest BCUT2D eigenvalue weighted by atomic mass is 9.93. The summed E-state index contributed by atoms with van der Waals surface area (Å²) < 4.78 is 6.18. The molecule has 0 saturated carbocycles. The molecule has 0 bridgehead atoms. The Morgan fingerprint density at radius 2 is 1.39 bits per heavy atom. The second kappa shape index (κ2) is 7.01. The fraction of sp³-hybridized carbons (Fsp3) is 0.160. The van der Waals surface area contributed by atoms with Crippen LogP contribution in [0.3, 0.4) is 0 Å². The molecule has 1 N–H and O–H groups in total. The number of hydrogen-bond donors (Lipinski definition) is 1. The van der Waals surface area contributed by atoms with E-state index in [0.717, 1.165) is 50.2 Å². The largest absolute Gasteiger partial charge is 0.460 e. The summed E-state index contributed by atoms with van der Waals surface area (Å²) in [6.45, 7) is 8.13. The molecule has 4 rings (SSSR count). The number of fused-ring (bicyclic) bond motifs is 1. The van der Waals surface area contributed by atoms with Gasteiger partial charge in [0.05, 0.1) is 0 Å². The van der Waals surface area contributed by atoms with Gasteiger partial charge in [-0.2, -0.15) is 0 Å². The number of rotatable bonds is 3. The topological polar surface area (TPSA) is 42.2 Å². The van der Waals surface area contributed by atoms with E-state index in [2.05, 4.69) is 24.4 Å². The Labute approximate surface area is 165 Å². The van der Waals surface area contributed by atoms with Crippen molar-refractivity contribution in [1.29, 1.82) is 0 Å². The molecule has 0 aliphatic carbocycles. The van der Waals surface area contributed by atoms with E-state index in [-0.39, 0.29) is 5.91 Å². The van der Waals surface area contributed by atoms with Crippen LogP contribution < -0.4 is 5.32 Å². The molecule has 140 valence electrons. The lowest BCUT2D eigenvalue weighted by Gasteiger charge is -2.16. The van der Waals surface area contributed by atoms with Crippen molar-refractivity contribution in [2.75, 3.05) is 5.32 Å². The molecule has 0 radical (unpaired) electrons. The third-order valence-electron chi connectivity index (χ3n) is 5.45. The molecule has 0 spiro atoms. The highest BCUT2D eigenvalue weighted by molar-refractivity contribution is 6.09. The van der Waals surface area contributed by atoms with E-state index >= 15 is 0 Å². The van der Waals surface area contributed by atoms with Crippen LogP contribution in [0.5, 0.6) is 0 Å². The van der Waals surface area contributed by atoms with Gasteiger partial charge >= 0.3 is 0 Å². The van der Waals surface area contributed by atoms with Crippen molar-refractivity contribution >= 4 is 22.6 Å². The van der Waals surface area contributed by atoms with Gasteiger partial charge in [-0.25, -0.2) is 0 Å². The molecule has 0 unspecified atom stereocenters. The lowest BCUT2D eigenvalue weighted by Crippen LogP contribution is -2.14. The zero-order valence-electron chi connectivity index (χ0n) is 16.6. The Bertz CT molecular complexity index is 1170. The Morgan fingerprint density at radius 1 is 0.786 bits per heavy atom. The summed E-state index contributed by atoms with van der Waals surface area (Å²) in [5, 5.41) is 4.20. The van der Waals surface area contributed by atoms with Gasteiger partial charge < -0.3 is 9.73 Å². The van der Waals surface area contributed by atoms with Gasteiger partial charge in [0.1, 0.15) is 11.3 Å². The minimum absolute atomic E-state index is 0.105.